The molecule has 0 bridgehead atoms. The van der Waals surface area contributed by atoms with Crippen LogP contribution in [0.3, 0.4) is 0 Å². The van der Waals surface area contributed by atoms with Crippen molar-refractivity contribution in [2.24, 2.45) is 0 Å². The van der Waals surface area contributed by atoms with E-state index in [0.717, 1.165) is 50.3 Å². The average Bonchev–Trinajstić information content (AvgIpc) is 2.67. The van der Waals surface area contributed by atoms with Gasteiger partial charge in [-0.25, -0.2) is 4.98 Å². The number of halogens is 1. The predicted molar refractivity (Wildman–Crippen MR) is 106 cm³/mol. The summed E-state index contributed by atoms with van der Waals surface area (Å²) in [6.07, 6.45) is 1.11. The Morgan fingerprint density at radius 2 is 1.60 bits per heavy atom. The van der Waals surface area contributed by atoms with Gasteiger partial charge in [0.15, 0.2) is 0 Å². The number of piperazine rings is 1. The van der Waals surface area contributed by atoms with Gasteiger partial charge < -0.3 is 4.90 Å². The van der Waals surface area contributed by atoms with Gasteiger partial charge in [-0.2, -0.15) is 0 Å². The summed E-state index contributed by atoms with van der Waals surface area (Å²) < 4.78 is 0. The first-order chi connectivity index (χ1) is 12.3. The van der Waals surface area contributed by atoms with Gasteiger partial charge in [0.1, 0.15) is 11.0 Å². The molecule has 0 spiro atoms. The second-order valence-electron chi connectivity index (χ2n) is 6.55. The van der Waals surface area contributed by atoms with Gasteiger partial charge in [0, 0.05) is 38.1 Å². The summed E-state index contributed by atoms with van der Waals surface area (Å²) in [5.41, 5.74) is 1.41. The van der Waals surface area contributed by atoms with Crippen LogP contribution < -0.4 is 4.90 Å². The number of aromatic nitrogens is 1. The van der Waals surface area contributed by atoms with Crippen molar-refractivity contribution in [2.75, 3.05) is 37.6 Å². The molecule has 3 nitrogen and oxygen atoms in total. The molecule has 0 aliphatic carbocycles. The molecular formula is C21H22ClN3. The fourth-order valence-electron chi connectivity index (χ4n) is 3.50. The van der Waals surface area contributed by atoms with Gasteiger partial charge in [0.25, 0.3) is 0 Å². The van der Waals surface area contributed by atoms with Crippen LogP contribution in [-0.2, 0) is 6.42 Å². The minimum atomic E-state index is 0.570. The highest BCUT2D eigenvalue weighted by Crippen LogP contribution is 2.28. The number of anilines is 1. The van der Waals surface area contributed by atoms with Crippen LogP contribution in [0.1, 0.15) is 5.56 Å². The predicted octanol–water partition coefficient (Wildman–Crippen LogP) is 4.25. The van der Waals surface area contributed by atoms with Gasteiger partial charge in [0.05, 0.1) is 0 Å². The summed E-state index contributed by atoms with van der Waals surface area (Å²) in [6, 6.07) is 21.0. The molecule has 1 aliphatic heterocycles. The van der Waals surface area contributed by atoms with Crippen LogP contribution in [0.25, 0.3) is 10.8 Å². The summed E-state index contributed by atoms with van der Waals surface area (Å²) in [5, 5.41) is 2.91. The van der Waals surface area contributed by atoms with Crippen molar-refractivity contribution in [1.29, 1.82) is 0 Å². The van der Waals surface area contributed by atoms with E-state index in [0.29, 0.717) is 5.15 Å². The van der Waals surface area contributed by atoms with Crippen molar-refractivity contribution in [3.8, 4) is 0 Å². The normalized spacial score (nSPS) is 15.6. The molecule has 2 heterocycles. The summed E-state index contributed by atoms with van der Waals surface area (Å²) >= 11 is 6.24. The lowest BCUT2D eigenvalue weighted by Crippen LogP contribution is -2.47. The molecule has 1 aliphatic rings. The molecule has 0 N–H and O–H groups in total. The quantitative estimate of drug-likeness (QED) is 0.655. The Morgan fingerprint density at radius 1 is 0.880 bits per heavy atom. The molecule has 2 aromatic carbocycles. The van der Waals surface area contributed by atoms with Crippen molar-refractivity contribution < 1.29 is 0 Å². The largest absolute Gasteiger partial charge is 0.353 e. The standard InChI is InChI=1S/C21H22ClN3/c22-20-16-18-8-4-5-9-19(18)21(23-20)25-14-12-24(13-15-25)11-10-17-6-2-1-3-7-17/h1-9,16H,10-15H2. The van der Waals surface area contributed by atoms with Crippen LogP contribution in [0.2, 0.25) is 5.15 Å². The van der Waals surface area contributed by atoms with Crippen molar-refractivity contribution in [2.45, 2.75) is 6.42 Å². The lowest BCUT2D eigenvalue weighted by molar-refractivity contribution is 0.260. The smallest absolute Gasteiger partial charge is 0.138 e. The minimum absolute atomic E-state index is 0.570. The van der Waals surface area contributed by atoms with Gasteiger partial charge in [-0.1, -0.05) is 66.2 Å². The highest BCUT2D eigenvalue weighted by atomic mass is 35.5. The molecule has 25 heavy (non-hydrogen) atoms. The second-order valence-corrected chi connectivity index (χ2v) is 6.94. The molecule has 1 fully saturated rings. The molecule has 128 valence electrons. The maximum atomic E-state index is 6.24. The zero-order valence-electron chi connectivity index (χ0n) is 14.2. The molecule has 0 unspecified atom stereocenters. The van der Waals surface area contributed by atoms with Crippen LogP contribution in [0.4, 0.5) is 5.82 Å². The van der Waals surface area contributed by atoms with Gasteiger partial charge in [0.2, 0.25) is 0 Å². The maximum absolute atomic E-state index is 6.24. The zero-order valence-corrected chi connectivity index (χ0v) is 15.0. The zero-order chi connectivity index (χ0) is 17.1. The molecule has 4 rings (SSSR count). The first-order valence-electron chi connectivity index (χ1n) is 8.86. The van der Waals surface area contributed by atoms with E-state index in [9.17, 15) is 0 Å². The molecule has 3 aromatic rings. The summed E-state index contributed by atoms with van der Waals surface area (Å²) in [7, 11) is 0. The SMILES string of the molecule is Clc1cc2ccccc2c(N2CCN(CCc3ccccc3)CC2)n1. The van der Waals surface area contributed by atoms with Crippen molar-refractivity contribution in [1.82, 2.24) is 9.88 Å². The van der Waals surface area contributed by atoms with Gasteiger partial charge in [-0.05, 0) is 23.4 Å². The van der Waals surface area contributed by atoms with Gasteiger partial charge in [-0.3, -0.25) is 4.90 Å². The number of hydrogen-bond acceptors (Lipinski definition) is 3. The third-order valence-corrected chi connectivity index (χ3v) is 5.11. The third kappa shape index (κ3) is 3.78. The number of fused-ring (bicyclic) bond motifs is 1. The molecule has 0 amide bonds. The summed E-state index contributed by atoms with van der Waals surface area (Å²) in [6.45, 7) is 5.23. The molecule has 4 heteroatoms. The number of hydrogen-bond donors (Lipinski definition) is 0. The molecule has 0 saturated carbocycles. The van der Waals surface area contributed by atoms with E-state index in [2.05, 4.69) is 63.3 Å². The molecule has 0 radical (unpaired) electrons. The molecule has 1 aromatic heterocycles. The van der Waals surface area contributed by atoms with Crippen molar-refractivity contribution in [3.05, 3.63) is 71.4 Å². The molecular weight excluding hydrogens is 330 g/mol. The van der Waals surface area contributed by atoms with Crippen molar-refractivity contribution in [3.63, 3.8) is 0 Å². The van der Waals surface area contributed by atoms with E-state index < -0.39 is 0 Å². The Labute approximate surface area is 153 Å². The first kappa shape index (κ1) is 16.4. The Hall–Kier alpha value is -2.10. The van der Waals surface area contributed by atoms with Crippen LogP contribution >= 0.6 is 11.6 Å². The fourth-order valence-corrected chi connectivity index (χ4v) is 3.70. The second kappa shape index (κ2) is 7.42. The maximum Gasteiger partial charge on any atom is 0.138 e. The number of rotatable bonds is 4. The molecule has 1 saturated heterocycles. The van der Waals surface area contributed by atoms with E-state index in [4.69, 9.17) is 11.6 Å². The Balaban J connectivity index is 1.42. The van der Waals surface area contributed by atoms with E-state index >= 15 is 0 Å². The highest BCUT2D eigenvalue weighted by molar-refractivity contribution is 6.30. The number of benzene rings is 2. The topological polar surface area (TPSA) is 19.4 Å². The monoisotopic (exact) mass is 351 g/mol. The molecule has 0 atom stereocenters. The highest BCUT2D eigenvalue weighted by Gasteiger charge is 2.20. The third-order valence-electron chi connectivity index (χ3n) is 4.92. The van der Waals surface area contributed by atoms with Crippen LogP contribution in [0.15, 0.2) is 60.7 Å². The lowest BCUT2D eigenvalue weighted by atomic mass is 10.1. The van der Waals surface area contributed by atoms with E-state index in [-0.39, 0.29) is 0 Å². The van der Waals surface area contributed by atoms with Crippen molar-refractivity contribution >= 4 is 28.2 Å². The average molecular weight is 352 g/mol. The Morgan fingerprint density at radius 3 is 2.40 bits per heavy atom. The summed E-state index contributed by atoms with van der Waals surface area (Å²) in [5.74, 6) is 1.02. The Bertz CT molecular complexity index is 842. The van der Waals surface area contributed by atoms with E-state index in [1.807, 2.05) is 12.1 Å². The van der Waals surface area contributed by atoms with Crippen LogP contribution in [0.5, 0.6) is 0 Å². The van der Waals surface area contributed by atoms with Gasteiger partial charge in [-0.15, -0.1) is 0 Å². The fraction of sp³-hybridized carbons (Fsp3) is 0.286. The van der Waals surface area contributed by atoms with E-state index in [1.54, 1.807) is 0 Å². The Kier molecular flexibility index (Phi) is 4.86. The minimum Gasteiger partial charge on any atom is -0.353 e. The summed E-state index contributed by atoms with van der Waals surface area (Å²) in [4.78, 5) is 9.52. The number of nitrogens with zero attached hydrogens (tertiary/aromatic N) is 3. The first-order valence-corrected chi connectivity index (χ1v) is 9.24. The van der Waals surface area contributed by atoms with E-state index in [1.165, 1.54) is 10.9 Å². The lowest BCUT2D eigenvalue weighted by Gasteiger charge is -2.36. The number of pyridine rings is 1. The van der Waals surface area contributed by atoms with Crippen LogP contribution in [0, 0.1) is 0 Å². The van der Waals surface area contributed by atoms with Crippen LogP contribution in [-0.4, -0.2) is 42.6 Å². The van der Waals surface area contributed by atoms with Gasteiger partial charge >= 0.3 is 0 Å².